The zero-order valence-electron chi connectivity index (χ0n) is 19.3. The molecule has 5 heteroatoms. The Morgan fingerprint density at radius 3 is 2.45 bits per heavy atom. The highest BCUT2D eigenvalue weighted by molar-refractivity contribution is 6.30. The Hall–Kier alpha value is -2.82. The van der Waals surface area contributed by atoms with Crippen LogP contribution in [0.1, 0.15) is 43.7 Å². The Morgan fingerprint density at radius 2 is 1.73 bits per heavy atom. The van der Waals surface area contributed by atoms with E-state index in [1.165, 1.54) is 11.1 Å². The molecule has 0 saturated carbocycles. The number of piperidine rings is 1. The predicted molar refractivity (Wildman–Crippen MR) is 135 cm³/mol. The second-order valence-electron chi connectivity index (χ2n) is 9.02. The fourth-order valence-corrected chi connectivity index (χ4v) is 4.31. The van der Waals surface area contributed by atoms with Crippen LogP contribution >= 0.6 is 11.6 Å². The van der Waals surface area contributed by atoms with Gasteiger partial charge in [0.05, 0.1) is 0 Å². The summed E-state index contributed by atoms with van der Waals surface area (Å²) in [5, 5.41) is 3.72. The van der Waals surface area contributed by atoms with Gasteiger partial charge >= 0.3 is 0 Å². The number of amides is 1. The van der Waals surface area contributed by atoms with Crippen LogP contribution in [0.2, 0.25) is 5.02 Å². The maximum absolute atomic E-state index is 12.0. The van der Waals surface area contributed by atoms with Gasteiger partial charge < -0.3 is 10.1 Å². The minimum atomic E-state index is -0.0213. The van der Waals surface area contributed by atoms with Crippen molar-refractivity contribution in [2.24, 2.45) is 5.92 Å². The van der Waals surface area contributed by atoms with Crippen LogP contribution in [0, 0.1) is 5.92 Å². The Labute approximate surface area is 201 Å². The minimum Gasteiger partial charge on any atom is -0.457 e. The number of halogens is 1. The van der Waals surface area contributed by atoms with E-state index in [-0.39, 0.29) is 11.8 Å². The molecule has 0 aliphatic carbocycles. The summed E-state index contributed by atoms with van der Waals surface area (Å²) in [4.78, 5) is 14.5. The van der Waals surface area contributed by atoms with Crippen molar-refractivity contribution in [3.63, 3.8) is 0 Å². The first kappa shape index (κ1) is 23.3. The summed E-state index contributed by atoms with van der Waals surface area (Å²) in [5.74, 6) is 2.18. The Kier molecular flexibility index (Phi) is 7.69. The van der Waals surface area contributed by atoms with Crippen LogP contribution in [0.15, 0.2) is 72.8 Å². The molecule has 4 rings (SSSR count). The molecule has 1 saturated heterocycles. The average molecular weight is 463 g/mol. The van der Waals surface area contributed by atoms with Gasteiger partial charge in [0.2, 0.25) is 5.91 Å². The fraction of sp³-hybridized carbons (Fsp3) is 0.321. The number of likely N-dealkylation sites (tertiary alicyclic amines) is 1. The molecule has 0 radical (unpaired) electrons. The maximum Gasteiger partial charge on any atom is 0.226 e. The highest BCUT2D eigenvalue weighted by Crippen LogP contribution is 2.31. The lowest BCUT2D eigenvalue weighted by atomic mass is 9.89. The molecule has 1 fully saturated rings. The molecule has 0 atom stereocenters. The number of carbonyl (C=O) groups is 1. The molecule has 33 heavy (non-hydrogen) atoms. The first-order chi connectivity index (χ1) is 16.0. The summed E-state index contributed by atoms with van der Waals surface area (Å²) in [6, 6.07) is 24.1. The molecule has 1 amide bonds. The fourth-order valence-electron chi connectivity index (χ4n) is 4.19. The van der Waals surface area contributed by atoms with Crippen LogP contribution in [0.5, 0.6) is 11.5 Å². The molecule has 1 heterocycles. The van der Waals surface area contributed by atoms with Crippen molar-refractivity contribution in [3.05, 3.63) is 88.9 Å². The largest absolute Gasteiger partial charge is 0.457 e. The number of hydrogen-bond acceptors (Lipinski definition) is 3. The van der Waals surface area contributed by atoms with E-state index in [0.717, 1.165) is 49.7 Å². The molecule has 0 spiro atoms. The average Bonchev–Trinajstić information content (AvgIpc) is 2.81. The van der Waals surface area contributed by atoms with Crippen molar-refractivity contribution in [2.75, 3.05) is 18.4 Å². The van der Waals surface area contributed by atoms with Crippen molar-refractivity contribution in [2.45, 2.75) is 39.2 Å². The summed E-state index contributed by atoms with van der Waals surface area (Å²) >= 11 is 5.96. The summed E-state index contributed by atoms with van der Waals surface area (Å²) in [7, 11) is 0. The van der Waals surface area contributed by atoms with Crippen LogP contribution in [0.4, 0.5) is 5.69 Å². The Morgan fingerprint density at radius 1 is 1.00 bits per heavy atom. The number of carbonyl (C=O) groups excluding carboxylic acids is 1. The molecular weight excluding hydrogens is 432 g/mol. The van der Waals surface area contributed by atoms with Crippen LogP contribution < -0.4 is 10.1 Å². The number of nitrogens with one attached hydrogen (secondary N) is 1. The molecule has 1 aliphatic heterocycles. The van der Waals surface area contributed by atoms with E-state index in [4.69, 9.17) is 16.3 Å². The van der Waals surface area contributed by atoms with Crippen LogP contribution in [0.3, 0.4) is 0 Å². The highest BCUT2D eigenvalue weighted by Gasteiger charge is 2.21. The molecule has 1 aliphatic rings. The number of ether oxygens (including phenoxy) is 1. The number of rotatable bonds is 7. The number of hydrogen-bond donors (Lipinski definition) is 1. The first-order valence-corrected chi connectivity index (χ1v) is 12.0. The van der Waals surface area contributed by atoms with Crippen molar-refractivity contribution in [1.29, 1.82) is 0 Å². The lowest BCUT2D eigenvalue weighted by Gasteiger charge is -2.32. The molecule has 0 bridgehead atoms. The van der Waals surface area contributed by atoms with Gasteiger partial charge in [-0.1, -0.05) is 49.7 Å². The van der Waals surface area contributed by atoms with Crippen molar-refractivity contribution < 1.29 is 9.53 Å². The molecule has 4 nitrogen and oxygen atoms in total. The molecule has 0 aromatic heterocycles. The molecule has 3 aromatic carbocycles. The Balaban J connectivity index is 1.32. The third-order valence-corrected chi connectivity index (χ3v) is 6.34. The van der Waals surface area contributed by atoms with Gasteiger partial charge in [-0.3, -0.25) is 9.69 Å². The molecule has 1 N–H and O–H groups in total. The van der Waals surface area contributed by atoms with E-state index < -0.39 is 0 Å². The van der Waals surface area contributed by atoms with Crippen molar-refractivity contribution in [3.8, 4) is 11.5 Å². The van der Waals surface area contributed by atoms with Crippen molar-refractivity contribution in [1.82, 2.24) is 4.90 Å². The SMILES string of the molecule is CC(C)C(=O)Nc1cccc(C2CCN(Cc3cccc(Oc4ccc(Cl)cc4)c3)CC2)c1. The van der Waals surface area contributed by atoms with Gasteiger partial charge in [-0.2, -0.15) is 0 Å². The zero-order valence-corrected chi connectivity index (χ0v) is 20.0. The highest BCUT2D eigenvalue weighted by atomic mass is 35.5. The number of nitrogens with zero attached hydrogens (tertiary/aromatic N) is 1. The van der Waals surface area contributed by atoms with Crippen LogP contribution in [-0.4, -0.2) is 23.9 Å². The van der Waals surface area contributed by atoms with E-state index in [1.54, 1.807) is 0 Å². The van der Waals surface area contributed by atoms with Gasteiger partial charge in [-0.15, -0.1) is 0 Å². The zero-order chi connectivity index (χ0) is 23.2. The summed E-state index contributed by atoms with van der Waals surface area (Å²) in [5.41, 5.74) is 3.46. The van der Waals surface area contributed by atoms with E-state index >= 15 is 0 Å². The molecule has 3 aromatic rings. The normalized spacial score (nSPS) is 14.9. The first-order valence-electron chi connectivity index (χ1n) is 11.6. The standard InChI is InChI=1S/C28H31ClN2O2/c1-20(2)28(32)30-25-7-4-6-23(18-25)22-13-15-31(16-14-22)19-21-5-3-8-27(17-21)33-26-11-9-24(29)10-12-26/h3-12,17-18,20,22H,13-16,19H2,1-2H3,(H,30,32). The van der Waals surface area contributed by atoms with Gasteiger partial charge in [0.1, 0.15) is 11.5 Å². The predicted octanol–water partition coefficient (Wildman–Crippen LogP) is 7.11. The van der Waals surface area contributed by atoms with E-state index in [1.807, 2.05) is 62.4 Å². The van der Waals surface area contributed by atoms with Gasteiger partial charge in [0.25, 0.3) is 0 Å². The third-order valence-electron chi connectivity index (χ3n) is 6.09. The second-order valence-corrected chi connectivity index (χ2v) is 9.46. The van der Waals surface area contributed by atoms with E-state index in [9.17, 15) is 4.79 Å². The van der Waals surface area contributed by atoms with Gasteiger partial charge in [-0.25, -0.2) is 0 Å². The van der Waals surface area contributed by atoms with E-state index in [0.29, 0.717) is 10.9 Å². The molecule has 0 unspecified atom stereocenters. The van der Waals surface area contributed by atoms with Crippen LogP contribution in [0.25, 0.3) is 0 Å². The van der Waals surface area contributed by atoms with Gasteiger partial charge in [0, 0.05) is 23.2 Å². The quantitative estimate of drug-likeness (QED) is 0.407. The lowest BCUT2D eigenvalue weighted by Crippen LogP contribution is -2.32. The van der Waals surface area contributed by atoms with Crippen LogP contribution in [-0.2, 0) is 11.3 Å². The second kappa shape index (κ2) is 10.9. The van der Waals surface area contributed by atoms with Crippen molar-refractivity contribution >= 4 is 23.2 Å². The number of anilines is 1. The summed E-state index contributed by atoms with van der Waals surface area (Å²) < 4.78 is 5.98. The number of benzene rings is 3. The summed E-state index contributed by atoms with van der Waals surface area (Å²) in [6.45, 7) is 6.84. The smallest absolute Gasteiger partial charge is 0.226 e. The lowest BCUT2D eigenvalue weighted by molar-refractivity contribution is -0.118. The Bertz CT molecular complexity index is 1070. The molecular formula is C28H31ClN2O2. The van der Waals surface area contributed by atoms with E-state index in [2.05, 4.69) is 34.5 Å². The maximum atomic E-state index is 12.0. The van der Waals surface area contributed by atoms with Gasteiger partial charge in [0.15, 0.2) is 0 Å². The molecule has 172 valence electrons. The van der Waals surface area contributed by atoms with Gasteiger partial charge in [-0.05, 0) is 91.5 Å². The monoisotopic (exact) mass is 462 g/mol. The topological polar surface area (TPSA) is 41.6 Å². The minimum absolute atomic E-state index is 0.0213. The third kappa shape index (κ3) is 6.59. The summed E-state index contributed by atoms with van der Waals surface area (Å²) in [6.07, 6.45) is 2.23.